The fraction of sp³-hybridized carbons (Fsp3) is 0.400. The van der Waals surface area contributed by atoms with Gasteiger partial charge in [0.1, 0.15) is 17.9 Å². The summed E-state index contributed by atoms with van der Waals surface area (Å²) in [6, 6.07) is 16.4. The molecule has 0 saturated heterocycles. The molecule has 0 aliphatic heterocycles. The molecule has 3 aromatic rings. The summed E-state index contributed by atoms with van der Waals surface area (Å²) in [5.41, 5.74) is 3.70. The van der Waals surface area contributed by atoms with Crippen LogP contribution in [0.5, 0.6) is 0 Å². The largest absolute Gasteiger partial charge is 0.369 e. The molecule has 0 atom stereocenters. The van der Waals surface area contributed by atoms with Crippen molar-refractivity contribution in [1.82, 2.24) is 20.2 Å². The zero-order chi connectivity index (χ0) is 22.1. The molecule has 31 heavy (non-hydrogen) atoms. The van der Waals surface area contributed by atoms with E-state index in [-0.39, 0.29) is 5.92 Å². The SMILES string of the molecule is CNCCCNc1nc(CN(C)C)nc2ccccc12.O=CC1Cc2ccccc2C1. The summed E-state index contributed by atoms with van der Waals surface area (Å²) in [6.45, 7) is 2.65. The first-order valence-electron chi connectivity index (χ1n) is 10.9. The van der Waals surface area contributed by atoms with Gasteiger partial charge >= 0.3 is 0 Å². The molecule has 6 heteroatoms. The highest BCUT2D eigenvalue weighted by Crippen LogP contribution is 2.24. The van der Waals surface area contributed by atoms with Gasteiger partial charge in [0.2, 0.25) is 0 Å². The fourth-order valence-corrected chi connectivity index (χ4v) is 3.77. The van der Waals surface area contributed by atoms with E-state index < -0.39 is 0 Å². The van der Waals surface area contributed by atoms with Crippen LogP contribution in [-0.4, -0.2) is 55.4 Å². The second-order valence-electron chi connectivity index (χ2n) is 8.20. The molecule has 164 valence electrons. The van der Waals surface area contributed by atoms with Crippen molar-refractivity contribution < 1.29 is 4.79 Å². The predicted molar refractivity (Wildman–Crippen MR) is 127 cm³/mol. The average Bonchev–Trinajstić information content (AvgIpc) is 3.20. The van der Waals surface area contributed by atoms with E-state index in [4.69, 9.17) is 0 Å². The van der Waals surface area contributed by atoms with Gasteiger partial charge in [-0.05, 0) is 70.2 Å². The van der Waals surface area contributed by atoms with E-state index in [0.717, 1.165) is 67.7 Å². The molecule has 1 aliphatic rings. The van der Waals surface area contributed by atoms with Crippen LogP contribution in [-0.2, 0) is 24.2 Å². The van der Waals surface area contributed by atoms with Crippen molar-refractivity contribution in [2.75, 3.05) is 39.5 Å². The van der Waals surface area contributed by atoms with Gasteiger partial charge in [0.15, 0.2) is 0 Å². The van der Waals surface area contributed by atoms with E-state index in [0.29, 0.717) is 0 Å². The Morgan fingerprint density at radius 2 is 1.68 bits per heavy atom. The minimum Gasteiger partial charge on any atom is -0.369 e. The van der Waals surface area contributed by atoms with Gasteiger partial charge < -0.3 is 20.3 Å². The lowest BCUT2D eigenvalue weighted by molar-refractivity contribution is -0.110. The highest BCUT2D eigenvalue weighted by molar-refractivity contribution is 5.88. The van der Waals surface area contributed by atoms with Crippen molar-refractivity contribution in [1.29, 1.82) is 0 Å². The minimum atomic E-state index is 0.243. The van der Waals surface area contributed by atoms with Crippen molar-refractivity contribution in [2.24, 2.45) is 5.92 Å². The summed E-state index contributed by atoms with van der Waals surface area (Å²) in [5.74, 6) is 2.03. The highest BCUT2D eigenvalue weighted by atomic mass is 16.1. The number of hydrogen-bond donors (Lipinski definition) is 2. The van der Waals surface area contributed by atoms with Crippen LogP contribution in [0.2, 0.25) is 0 Å². The number of nitrogens with zero attached hydrogens (tertiary/aromatic N) is 3. The molecule has 0 amide bonds. The molecule has 0 saturated carbocycles. The molecule has 2 aromatic carbocycles. The molecule has 1 aromatic heterocycles. The number of nitrogens with one attached hydrogen (secondary N) is 2. The van der Waals surface area contributed by atoms with Gasteiger partial charge in [-0.15, -0.1) is 0 Å². The molecule has 0 radical (unpaired) electrons. The number of anilines is 1. The second-order valence-corrected chi connectivity index (χ2v) is 8.20. The molecular weight excluding hydrogens is 386 g/mol. The standard InChI is InChI=1S/C15H23N5.C10H10O/c1-16-9-6-10-17-15-12-7-4-5-8-13(12)18-14(19-15)11-20(2)3;11-7-8-5-9-3-1-2-4-10(9)6-8/h4-5,7-8,16H,6,9-11H2,1-3H3,(H,17,18,19);1-4,7-8H,5-6H2. The molecule has 0 unspecified atom stereocenters. The Balaban J connectivity index is 0.000000207. The Labute approximate surface area is 185 Å². The first-order chi connectivity index (χ1) is 15.1. The highest BCUT2D eigenvalue weighted by Gasteiger charge is 2.19. The summed E-state index contributed by atoms with van der Waals surface area (Å²) in [7, 11) is 6.02. The molecule has 1 aliphatic carbocycles. The summed E-state index contributed by atoms with van der Waals surface area (Å²) < 4.78 is 0. The third-order valence-corrected chi connectivity index (χ3v) is 5.28. The zero-order valence-corrected chi connectivity index (χ0v) is 18.8. The average molecular weight is 420 g/mol. The zero-order valence-electron chi connectivity index (χ0n) is 18.8. The first kappa shape index (κ1) is 22.8. The third-order valence-electron chi connectivity index (χ3n) is 5.28. The number of rotatable bonds is 8. The minimum absolute atomic E-state index is 0.243. The normalized spacial score (nSPS) is 13.0. The number of fused-ring (bicyclic) bond motifs is 2. The molecule has 2 N–H and O–H groups in total. The lowest BCUT2D eigenvalue weighted by Crippen LogP contribution is -2.16. The number of aldehydes is 1. The second kappa shape index (κ2) is 11.5. The number of aromatic nitrogens is 2. The van der Waals surface area contributed by atoms with Crippen LogP contribution >= 0.6 is 0 Å². The number of carbonyl (C=O) groups is 1. The van der Waals surface area contributed by atoms with E-state index in [1.165, 1.54) is 11.1 Å². The van der Waals surface area contributed by atoms with Gasteiger partial charge in [0.05, 0.1) is 12.1 Å². The van der Waals surface area contributed by atoms with E-state index in [1.54, 1.807) is 0 Å². The van der Waals surface area contributed by atoms with Gasteiger partial charge in [-0.3, -0.25) is 0 Å². The van der Waals surface area contributed by atoms with Crippen LogP contribution in [0.25, 0.3) is 10.9 Å². The van der Waals surface area contributed by atoms with E-state index in [9.17, 15) is 4.79 Å². The maximum absolute atomic E-state index is 10.5. The van der Waals surface area contributed by atoms with Gasteiger partial charge in [-0.25, -0.2) is 9.97 Å². The van der Waals surface area contributed by atoms with Crippen LogP contribution in [0.15, 0.2) is 48.5 Å². The number of para-hydroxylation sites is 1. The van der Waals surface area contributed by atoms with Gasteiger partial charge in [-0.1, -0.05) is 36.4 Å². The monoisotopic (exact) mass is 419 g/mol. The van der Waals surface area contributed by atoms with Crippen LogP contribution in [0.1, 0.15) is 23.4 Å². The van der Waals surface area contributed by atoms with Crippen molar-refractivity contribution in [3.05, 3.63) is 65.5 Å². The molecule has 0 bridgehead atoms. The van der Waals surface area contributed by atoms with Gasteiger partial charge in [-0.2, -0.15) is 0 Å². The van der Waals surface area contributed by atoms with Crippen LogP contribution in [0, 0.1) is 5.92 Å². The quantitative estimate of drug-likeness (QED) is 0.431. The molecule has 0 fully saturated rings. The number of carbonyl (C=O) groups excluding carboxylic acids is 1. The maximum atomic E-state index is 10.5. The summed E-state index contributed by atoms with van der Waals surface area (Å²) in [5, 5.41) is 7.66. The Kier molecular flexibility index (Phi) is 8.50. The molecule has 1 heterocycles. The Morgan fingerprint density at radius 1 is 1.00 bits per heavy atom. The lowest BCUT2D eigenvalue weighted by atomic mass is 10.1. The van der Waals surface area contributed by atoms with Gasteiger partial charge in [0, 0.05) is 17.8 Å². The van der Waals surface area contributed by atoms with E-state index in [2.05, 4.69) is 43.7 Å². The number of benzene rings is 2. The molecule has 0 spiro atoms. The van der Waals surface area contributed by atoms with E-state index >= 15 is 0 Å². The van der Waals surface area contributed by atoms with Crippen molar-refractivity contribution in [3.8, 4) is 0 Å². The summed E-state index contributed by atoms with van der Waals surface area (Å²) >= 11 is 0. The van der Waals surface area contributed by atoms with E-state index in [1.807, 2.05) is 51.5 Å². The molecule has 6 nitrogen and oxygen atoms in total. The fourth-order valence-electron chi connectivity index (χ4n) is 3.77. The van der Waals surface area contributed by atoms with Crippen molar-refractivity contribution in [2.45, 2.75) is 25.8 Å². The van der Waals surface area contributed by atoms with Crippen LogP contribution in [0.3, 0.4) is 0 Å². The first-order valence-corrected chi connectivity index (χ1v) is 10.9. The Hall–Kier alpha value is -2.83. The van der Waals surface area contributed by atoms with Gasteiger partial charge in [0.25, 0.3) is 0 Å². The van der Waals surface area contributed by atoms with Crippen LogP contribution in [0.4, 0.5) is 5.82 Å². The lowest BCUT2D eigenvalue weighted by Gasteiger charge is -2.13. The smallest absolute Gasteiger partial charge is 0.145 e. The van der Waals surface area contributed by atoms with Crippen molar-refractivity contribution in [3.63, 3.8) is 0 Å². The molecule has 4 rings (SSSR count). The topological polar surface area (TPSA) is 70.2 Å². The van der Waals surface area contributed by atoms with Crippen LogP contribution < -0.4 is 10.6 Å². The summed E-state index contributed by atoms with van der Waals surface area (Å²) in [4.78, 5) is 21.8. The summed E-state index contributed by atoms with van der Waals surface area (Å²) in [6.07, 6.45) is 4.02. The Bertz CT molecular complexity index is 964. The Morgan fingerprint density at radius 3 is 2.32 bits per heavy atom. The molecular formula is C25H33N5O. The number of hydrogen-bond acceptors (Lipinski definition) is 6. The third kappa shape index (κ3) is 6.57. The predicted octanol–water partition coefficient (Wildman–Crippen LogP) is 3.31. The maximum Gasteiger partial charge on any atom is 0.145 e. The van der Waals surface area contributed by atoms with Crippen molar-refractivity contribution >= 4 is 23.0 Å².